The van der Waals surface area contributed by atoms with Crippen LogP contribution in [-0.4, -0.2) is 6.04 Å². The Morgan fingerprint density at radius 2 is 2.00 bits per heavy atom. The van der Waals surface area contributed by atoms with E-state index < -0.39 is 0 Å². The Morgan fingerprint density at radius 3 is 2.60 bits per heavy atom. The molecule has 0 amide bonds. The molecule has 0 bridgehead atoms. The zero-order valence-corrected chi connectivity index (χ0v) is 10.2. The predicted molar refractivity (Wildman–Crippen MR) is 66.3 cm³/mol. The van der Waals surface area contributed by atoms with Crippen LogP contribution in [0.15, 0.2) is 18.2 Å². The van der Waals surface area contributed by atoms with E-state index in [1.807, 2.05) is 19.9 Å². The number of nitrogens with one attached hydrogen (secondary N) is 1. The smallest absolute Gasteiger partial charge is 0.0662 e. The van der Waals surface area contributed by atoms with Crippen LogP contribution in [0.2, 0.25) is 10.0 Å². The lowest BCUT2D eigenvalue weighted by Gasteiger charge is -2.18. The predicted octanol–water partition coefficient (Wildman–Crippen LogP) is 3.67. The van der Waals surface area contributed by atoms with Gasteiger partial charge in [0.1, 0.15) is 0 Å². The van der Waals surface area contributed by atoms with Gasteiger partial charge in [0.25, 0.3) is 0 Å². The molecule has 0 spiro atoms. The lowest BCUT2D eigenvalue weighted by Crippen LogP contribution is -2.27. The molecule has 15 heavy (non-hydrogen) atoms. The van der Waals surface area contributed by atoms with Gasteiger partial charge >= 0.3 is 0 Å². The standard InChI is InChI=1S/C12H13Cl2N/c1-4-8(2)15-9(3)11-7-10(13)5-6-12(11)14/h1,5-9,15H,2-3H3. The lowest BCUT2D eigenvalue weighted by molar-refractivity contribution is 0.546. The molecule has 0 saturated carbocycles. The number of hydrogen-bond acceptors (Lipinski definition) is 1. The molecule has 1 nitrogen and oxygen atoms in total. The van der Waals surface area contributed by atoms with Crippen LogP contribution in [0, 0.1) is 12.3 Å². The fraction of sp³-hybridized carbons (Fsp3) is 0.333. The summed E-state index contributed by atoms with van der Waals surface area (Å²) in [5, 5.41) is 4.61. The van der Waals surface area contributed by atoms with E-state index in [1.165, 1.54) is 0 Å². The van der Waals surface area contributed by atoms with Gasteiger partial charge in [-0.2, -0.15) is 0 Å². The molecule has 1 aromatic rings. The highest BCUT2D eigenvalue weighted by atomic mass is 35.5. The van der Waals surface area contributed by atoms with Gasteiger partial charge < -0.3 is 0 Å². The van der Waals surface area contributed by atoms with Crippen LogP contribution >= 0.6 is 23.2 Å². The number of rotatable bonds is 3. The summed E-state index contributed by atoms with van der Waals surface area (Å²) in [7, 11) is 0. The Kier molecular flexibility index (Phi) is 4.47. The third-order valence-electron chi connectivity index (χ3n) is 2.17. The summed E-state index contributed by atoms with van der Waals surface area (Å²) in [6, 6.07) is 5.50. The monoisotopic (exact) mass is 241 g/mol. The summed E-state index contributed by atoms with van der Waals surface area (Å²) in [5.74, 6) is 2.61. The number of halogens is 2. The topological polar surface area (TPSA) is 12.0 Å². The van der Waals surface area contributed by atoms with Gasteiger partial charge in [0.15, 0.2) is 0 Å². The average molecular weight is 242 g/mol. The van der Waals surface area contributed by atoms with Crippen molar-refractivity contribution in [2.45, 2.75) is 25.9 Å². The van der Waals surface area contributed by atoms with Crippen molar-refractivity contribution >= 4 is 23.2 Å². The van der Waals surface area contributed by atoms with Gasteiger partial charge in [-0.25, -0.2) is 0 Å². The van der Waals surface area contributed by atoms with Gasteiger partial charge in [-0.3, -0.25) is 5.32 Å². The summed E-state index contributed by atoms with van der Waals surface area (Å²) in [5.41, 5.74) is 0.964. The van der Waals surface area contributed by atoms with Crippen molar-refractivity contribution in [3.63, 3.8) is 0 Å². The number of hydrogen-bond donors (Lipinski definition) is 1. The molecule has 0 radical (unpaired) electrons. The molecule has 1 rings (SSSR count). The van der Waals surface area contributed by atoms with Crippen molar-refractivity contribution in [2.75, 3.05) is 0 Å². The van der Waals surface area contributed by atoms with Gasteiger partial charge in [0.05, 0.1) is 6.04 Å². The van der Waals surface area contributed by atoms with E-state index >= 15 is 0 Å². The molecule has 2 unspecified atom stereocenters. The molecule has 1 aromatic carbocycles. The maximum Gasteiger partial charge on any atom is 0.0662 e. The van der Waals surface area contributed by atoms with Crippen LogP contribution in [0.1, 0.15) is 25.5 Å². The largest absolute Gasteiger partial charge is 0.297 e. The third kappa shape index (κ3) is 3.43. The normalized spacial score (nSPS) is 14.3. The molecular weight excluding hydrogens is 229 g/mol. The van der Waals surface area contributed by atoms with Crippen LogP contribution in [0.3, 0.4) is 0 Å². The van der Waals surface area contributed by atoms with E-state index in [0.717, 1.165) is 5.56 Å². The summed E-state index contributed by atoms with van der Waals surface area (Å²) >= 11 is 12.0. The molecule has 0 heterocycles. The first kappa shape index (κ1) is 12.4. The van der Waals surface area contributed by atoms with E-state index in [0.29, 0.717) is 10.0 Å². The van der Waals surface area contributed by atoms with Gasteiger partial charge in [-0.05, 0) is 37.6 Å². The second-order valence-corrected chi connectivity index (χ2v) is 4.29. The highest BCUT2D eigenvalue weighted by Crippen LogP contribution is 2.26. The van der Waals surface area contributed by atoms with Gasteiger partial charge in [0.2, 0.25) is 0 Å². The number of terminal acetylenes is 1. The average Bonchev–Trinajstić information content (AvgIpc) is 2.21. The van der Waals surface area contributed by atoms with Crippen LogP contribution in [0.4, 0.5) is 0 Å². The van der Waals surface area contributed by atoms with Crippen molar-refractivity contribution in [3.8, 4) is 12.3 Å². The molecule has 2 atom stereocenters. The van der Waals surface area contributed by atoms with Crippen molar-refractivity contribution in [2.24, 2.45) is 0 Å². The molecule has 0 fully saturated rings. The molecule has 0 aliphatic carbocycles. The Morgan fingerprint density at radius 1 is 1.33 bits per heavy atom. The number of benzene rings is 1. The highest BCUT2D eigenvalue weighted by molar-refractivity contribution is 6.33. The molecule has 0 aliphatic rings. The van der Waals surface area contributed by atoms with Gasteiger partial charge in [-0.15, -0.1) is 6.42 Å². The highest BCUT2D eigenvalue weighted by Gasteiger charge is 2.11. The summed E-state index contributed by atoms with van der Waals surface area (Å²) in [6.45, 7) is 3.93. The summed E-state index contributed by atoms with van der Waals surface area (Å²) < 4.78 is 0. The van der Waals surface area contributed by atoms with E-state index in [-0.39, 0.29) is 12.1 Å². The van der Waals surface area contributed by atoms with Gasteiger partial charge in [0, 0.05) is 16.1 Å². The first-order valence-electron chi connectivity index (χ1n) is 4.71. The van der Waals surface area contributed by atoms with Crippen LogP contribution in [0.25, 0.3) is 0 Å². The van der Waals surface area contributed by atoms with Crippen molar-refractivity contribution in [1.82, 2.24) is 5.32 Å². The van der Waals surface area contributed by atoms with Crippen LogP contribution in [0.5, 0.6) is 0 Å². The zero-order valence-electron chi connectivity index (χ0n) is 8.72. The SMILES string of the molecule is C#CC(C)NC(C)c1cc(Cl)ccc1Cl. The minimum absolute atomic E-state index is 0.00930. The molecule has 80 valence electrons. The maximum absolute atomic E-state index is 6.07. The van der Waals surface area contributed by atoms with E-state index in [2.05, 4.69) is 11.2 Å². The fourth-order valence-electron chi connectivity index (χ4n) is 1.36. The van der Waals surface area contributed by atoms with Gasteiger partial charge in [-0.1, -0.05) is 29.1 Å². The van der Waals surface area contributed by atoms with E-state index in [1.54, 1.807) is 12.1 Å². The molecule has 0 aliphatic heterocycles. The minimum Gasteiger partial charge on any atom is -0.297 e. The Hall–Kier alpha value is -0.680. The first-order valence-corrected chi connectivity index (χ1v) is 5.47. The second-order valence-electron chi connectivity index (χ2n) is 3.44. The Bertz CT molecular complexity index is 382. The van der Waals surface area contributed by atoms with Crippen LogP contribution in [-0.2, 0) is 0 Å². The fourth-order valence-corrected chi connectivity index (χ4v) is 1.82. The zero-order chi connectivity index (χ0) is 11.4. The lowest BCUT2D eigenvalue weighted by atomic mass is 10.1. The van der Waals surface area contributed by atoms with Crippen molar-refractivity contribution < 1.29 is 0 Å². The minimum atomic E-state index is 0.00930. The van der Waals surface area contributed by atoms with E-state index in [9.17, 15) is 0 Å². The molecule has 1 N–H and O–H groups in total. The second kappa shape index (κ2) is 5.42. The Balaban J connectivity index is 2.86. The summed E-state index contributed by atoms with van der Waals surface area (Å²) in [4.78, 5) is 0. The molecular formula is C12H13Cl2N. The quantitative estimate of drug-likeness (QED) is 0.797. The first-order chi connectivity index (χ1) is 7.04. The molecule has 3 heteroatoms. The third-order valence-corrected chi connectivity index (χ3v) is 2.75. The Labute approximate surface area is 101 Å². The van der Waals surface area contributed by atoms with E-state index in [4.69, 9.17) is 29.6 Å². The maximum atomic E-state index is 6.07. The van der Waals surface area contributed by atoms with Crippen molar-refractivity contribution in [3.05, 3.63) is 33.8 Å². The molecule has 0 saturated heterocycles. The van der Waals surface area contributed by atoms with Crippen LogP contribution < -0.4 is 5.32 Å². The summed E-state index contributed by atoms with van der Waals surface area (Å²) in [6.07, 6.45) is 5.29. The molecule has 0 aromatic heterocycles. The van der Waals surface area contributed by atoms with Crippen molar-refractivity contribution in [1.29, 1.82) is 0 Å².